The smallest absolute Gasteiger partial charge is 0.231 e. The van der Waals surface area contributed by atoms with Crippen molar-refractivity contribution in [1.29, 1.82) is 0 Å². The van der Waals surface area contributed by atoms with E-state index in [1.54, 1.807) is 0 Å². The van der Waals surface area contributed by atoms with Crippen LogP contribution in [0, 0.1) is 56.7 Å². The highest BCUT2D eigenvalue weighted by Crippen LogP contribution is 2.76. The zero-order valence-corrected chi connectivity index (χ0v) is 27.0. The van der Waals surface area contributed by atoms with Crippen LogP contribution in [0.2, 0.25) is 0 Å². The Hall–Kier alpha value is -1.16. The molecular weight excluding hydrogens is 494 g/mol. The molecule has 6 aliphatic carbocycles. The maximum absolute atomic E-state index is 14.4. The summed E-state index contributed by atoms with van der Waals surface area (Å²) in [6.07, 6.45) is 11.0. The molecule has 3 unspecified atom stereocenters. The second-order valence-electron chi connectivity index (χ2n) is 17.6. The number of rotatable bonds is 4. The van der Waals surface area contributed by atoms with Crippen molar-refractivity contribution in [2.45, 2.75) is 145 Å². The Morgan fingerprint density at radius 3 is 2.17 bits per heavy atom. The van der Waals surface area contributed by atoms with Crippen LogP contribution in [0.15, 0.2) is 11.1 Å². The third-order valence-electron chi connectivity index (χ3n) is 14.9. The SMILES string of the molecule is CC(C)C1=C2C3CCC4[C@@]5(C)CC[C@H](O)C(C)(C)C5CC[C@@]4(C)[C@]3(C)CC[C@@]2(C(=O)NC(C)(C)C2CC2)CC1=O. The summed E-state index contributed by atoms with van der Waals surface area (Å²) in [5.74, 6) is 2.52. The zero-order chi connectivity index (χ0) is 29.3. The van der Waals surface area contributed by atoms with Gasteiger partial charge < -0.3 is 10.4 Å². The Bertz CT molecular complexity index is 1140. The van der Waals surface area contributed by atoms with Gasteiger partial charge in [-0.05, 0) is 140 Å². The second kappa shape index (κ2) is 8.70. The first-order valence-electron chi connectivity index (χ1n) is 16.7. The van der Waals surface area contributed by atoms with Crippen LogP contribution in [0.25, 0.3) is 0 Å². The Balaban J connectivity index is 1.41. The molecule has 0 spiro atoms. The van der Waals surface area contributed by atoms with E-state index >= 15 is 0 Å². The molecule has 0 aromatic rings. The molecule has 4 nitrogen and oxygen atoms in total. The van der Waals surface area contributed by atoms with Crippen LogP contribution in [-0.4, -0.2) is 28.4 Å². The molecule has 0 heterocycles. The molecule has 2 N–H and O–H groups in total. The lowest BCUT2D eigenvalue weighted by Crippen LogP contribution is -2.66. The van der Waals surface area contributed by atoms with Gasteiger partial charge in [-0.25, -0.2) is 0 Å². The lowest BCUT2D eigenvalue weighted by atomic mass is 9.33. The first kappa shape index (κ1) is 28.9. The number of ketones is 1. The predicted molar refractivity (Wildman–Crippen MR) is 160 cm³/mol. The minimum atomic E-state index is -0.658. The second-order valence-corrected chi connectivity index (χ2v) is 17.6. The number of Topliss-reactive ketones (excluding diaryl/α,β-unsaturated/α-hetero) is 1. The number of carbonyl (C=O) groups is 2. The third-order valence-corrected chi connectivity index (χ3v) is 14.9. The standard InChI is InChI=1S/C36H57NO3/c1-21(2)28-24(38)20-36(30(40)37-32(5,6)22-10-11-22)19-18-34(8)23(29(28)36)12-13-26-33(7)16-15-27(39)31(3,4)25(33)14-17-35(26,34)9/h21-23,25-27,39H,10-20H2,1-9H3,(H,37,40)/t23?,25?,26?,27-,33-,34+,35+,36+/m0/s1. The molecule has 5 saturated carbocycles. The molecule has 0 bridgehead atoms. The quantitative estimate of drug-likeness (QED) is 0.377. The van der Waals surface area contributed by atoms with E-state index in [0.717, 1.165) is 37.7 Å². The normalized spacial score (nSPS) is 46.4. The van der Waals surface area contributed by atoms with E-state index in [1.807, 2.05) is 0 Å². The van der Waals surface area contributed by atoms with Crippen molar-refractivity contribution >= 4 is 11.7 Å². The highest BCUT2D eigenvalue weighted by molar-refractivity contribution is 6.07. The minimum absolute atomic E-state index is 0.0501. The topological polar surface area (TPSA) is 66.4 Å². The van der Waals surface area contributed by atoms with Gasteiger partial charge in [-0.2, -0.15) is 0 Å². The average Bonchev–Trinajstić information content (AvgIpc) is 3.66. The van der Waals surface area contributed by atoms with E-state index in [9.17, 15) is 14.7 Å². The van der Waals surface area contributed by atoms with Crippen LogP contribution in [0.3, 0.4) is 0 Å². The summed E-state index contributed by atoms with van der Waals surface area (Å²) in [4.78, 5) is 28.2. The Labute approximate surface area is 243 Å². The highest BCUT2D eigenvalue weighted by atomic mass is 16.3. The highest BCUT2D eigenvalue weighted by Gasteiger charge is 2.71. The fourth-order valence-corrected chi connectivity index (χ4v) is 12.2. The van der Waals surface area contributed by atoms with Crippen LogP contribution in [0.5, 0.6) is 0 Å². The van der Waals surface area contributed by atoms with Crippen molar-refractivity contribution in [3.63, 3.8) is 0 Å². The van der Waals surface area contributed by atoms with Gasteiger partial charge in [-0.15, -0.1) is 0 Å². The molecule has 4 heteroatoms. The van der Waals surface area contributed by atoms with Crippen molar-refractivity contribution in [3.8, 4) is 0 Å². The zero-order valence-electron chi connectivity index (χ0n) is 27.0. The van der Waals surface area contributed by atoms with Crippen molar-refractivity contribution in [1.82, 2.24) is 5.32 Å². The molecular formula is C36H57NO3. The van der Waals surface area contributed by atoms with E-state index in [4.69, 9.17) is 0 Å². The molecule has 0 saturated heterocycles. The molecule has 0 radical (unpaired) electrons. The summed E-state index contributed by atoms with van der Waals surface area (Å²) < 4.78 is 0. The summed E-state index contributed by atoms with van der Waals surface area (Å²) >= 11 is 0. The van der Waals surface area contributed by atoms with Crippen LogP contribution >= 0.6 is 0 Å². The fourth-order valence-electron chi connectivity index (χ4n) is 12.2. The van der Waals surface area contributed by atoms with E-state index < -0.39 is 5.41 Å². The fraction of sp³-hybridized carbons (Fsp3) is 0.889. The number of nitrogens with one attached hydrogen (secondary N) is 1. The van der Waals surface area contributed by atoms with E-state index in [1.165, 1.54) is 37.7 Å². The number of hydrogen-bond donors (Lipinski definition) is 2. The first-order valence-corrected chi connectivity index (χ1v) is 16.7. The molecule has 1 amide bonds. The number of aliphatic hydroxyl groups is 1. The van der Waals surface area contributed by atoms with Crippen LogP contribution in [-0.2, 0) is 9.59 Å². The number of hydrogen-bond acceptors (Lipinski definition) is 3. The Kier molecular flexibility index (Phi) is 6.29. The van der Waals surface area contributed by atoms with Gasteiger partial charge in [0.2, 0.25) is 5.91 Å². The lowest BCUT2D eigenvalue weighted by Gasteiger charge is -2.72. The summed E-state index contributed by atoms with van der Waals surface area (Å²) in [6.45, 7) is 21.1. The average molecular weight is 552 g/mol. The summed E-state index contributed by atoms with van der Waals surface area (Å²) in [5.41, 5.74) is 1.80. The van der Waals surface area contributed by atoms with Gasteiger partial charge in [0.25, 0.3) is 0 Å². The van der Waals surface area contributed by atoms with Crippen molar-refractivity contribution < 1.29 is 14.7 Å². The van der Waals surface area contributed by atoms with Gasteiger partial charge >= 0.3 is 0 Å². The minimum Gasteiger partial charge on any atom is -0.393 e. The number of carbonyl (C=O) groups excluding carboxylic acids is 2. The van der Waals surface area contributed by atoms with Crippen LogP contribution in [0.1, 0.15) is 133 Å². The molecule has 5 fully saturated rings. The summed E-state index contributed by atoms with van der Waals surface area (Å²) in [7, 11) is 0. The molecule has 0 aromatic carbocycles. The molecule has 8 atom stereocenters. The van der Waals surface area contributed by atoms with E-state index in [0.29, 0.717) is 30.1 Å². The maximum atomic E-state index is 14.4. The van der Waals surface area contributed by atoms with Gasteiger partial charge in [-0.3, -0.25) is 9.59 Å². The number of amides is 1. The monoisotopic (exact) mass is 551 g/mol. The van der Waals surface area contributed by atoms with Gasteiger partial charge in [0, 0.05) is 12.0 Å². The lowest BCUT2D eigenvalue weighted by molar-refractivity contribution is -0.228. The molecule has 6 aliphatic rings. The van der Waals surface area contributed by atoms with Crippen molar-refractivity contribution in [3.05, 3.63) is 11.1 Å². The largest absolute Gasteiger partial charge is 0.393 e. The van der Waals surface area contributed by atoms with Crippen molar-refractivity contribution in [2.75, 3.05) is 0 Å². The molecule has 0 aliphatic heterocycles. The van der Waals surface area contributed by atoms with Gasteiger partial charge in [0.1, 0.15) is 0 Å². The van der Waals surface area contributed by atoms with Crippen LogP contribution < -0.4 is 5.32 Å². The molecule has 6 rings (SSSR count). The van der Waals surface area contributed by atoms with Crippen molar-refractivity contribution in [2.24, 2.45) is 56.7 Å². The van der Waals surface area contributed by atoms with Gasteiger partial charge in [0.05, 0.1) is 11.5 Å². The van der Waals surface area contributed by atoms with Crippen LogP contribution in [0.4, 0.5) is 0 Å². The maximum Gasteiger partial charge on any atom is 0.231 e. The van der Waals surface area contributed by atoms with E-state index in [2.05, 4.69) is 67.6 Å². The molecule has 0 aromatic heterocycles. The van der Waals surface area contributed by atoms with Gasteiger partial charge in [0.15, 0.2) is 5.78 Å². The van der Waals surface area contributed by atoms with E-state index in [-0.39, 0.29) is 50.9 Å². The number of fused-ring (bicyclic) bond motifs is 7. The summed E-state index contributed by atoms with van der Waals surface area (Å²) in [5, 5.41) is 14.5. The molecule has 40 heavy (non-hydrogen) atoms. The molecule has 224 valence electrons. The predicted octanol–water partition coefficient (Wildman–Crippen LogP) is 7.63. The Morgan fingerprint density at radius 1 is 0.875 bits per heavy atom. The Morgan fingerprint density at radius 2 is 1.55 bits per heavy atom. The number of allylic oxidation sites excluding steroid dienone is 1. The number of aliphatic hydroxyl groups excluding tert-OH is 1. The van der Waals surface area contributed by atoms with Gasteiger partial charge in [-0.1, -0.05) is 48.5 Å². The third kappa shape index (κ3) is 3.59. The summed E-state index contributed by atoms with van der Waals surface area (Å²) in [6, 6.07) is 0. The first-order chi connectivity index (χ1) is 18.5.